The molecule has 0 aliphatic carbocycles. The number of anilines is 1. The fraction of sp³-hybridized carbons (Fsp3) is 0.167. The number of rotatable bonds is 5. The van der Waals surface area contributed by atoms with Crippen LogP contribution in [0.3, 0.4) is 0 Å². The quantitative estimate of drug-likeness (QED) is 0.774. The number of amides is 2. The van der Waals surface area contributed by atoms with Crippen molar-refractivity contribution in [3.8, 4) is 5.75 Å². The SMILES string of the molecule is C=C(Cl)CNC(=O)Nc1cc(C(=O)O)ccc1OC. The molecule has 7 heteroatoms. The Morgan fingerprint density at radius 1 is 1.47 bits per heavy atom. The van der Waals surface area contributed by atoms with Crippen LogP contribution in [-0.2, 0) is 0 Å². The van der Waals surface area contributed by atoms with E-state index >= 15 is 0 Å². The van der Waals surface area contributed by atoms with Gasteiger partial charge in [0.1, 0.15) is 5.75 Å². The lowest BCUT2D eigenvalue weighted by atomic mass is 10.2. The third-order valence-corrected chi connectivity index (χ3v) is 2.27. The van der Waals surface area contributed by atoms with Gasteiger partial charge in [0.15, 0.2) is 0 Å². The van der Waals surface area contributed by atoms with Gasteiger partial charge in [0.2, 0.25) is 0 Å². The predicted molar refractivity (Wildman–Crippen MR) is 72.0 cm³/mol. The molecule has 0 atom stereocenters. The smallest absolute Gasteiger partial charge is 0.335 e. The number of carbonyl (C=O) groups excluding carboxylic acids is 1. The monoisotopic (exact) mass is 284 g/mol. The van der Waals surface area contributed by atoms with Gasteiger partial charge in [-0.3, -0.25) is 0 Å². The third kappa shape index (κ3) is 4.51. The van der Waals surface area contributed by atoms with E-state index in [1.54, 1.807) is 0 Å². The van der Waals surface area contributed by atoms with E-state index in [4.69, 9.17) is 21.4 Å². The normalized spacial score (nSPS) is 9.58. The fourth-order valence-corrected chi connectivity index (χ4v) is 1.35. The molecule has 6 nitrogen and oxygen atoms in total. The van der Waals surface area contributed by atoms with Crippen molar-refractivity contribution in [3.63, 3.8) is 0 Å². The molecule has 102 valence electrons. The molecule has 0 bridgehead atoms. The number of hydrogen-bond donors (Lipinski definition) is 3. The molecule has 0 fully saturated rings. The Hall–Kier alpha value is -2.21. The van der Waals surface area contributed by atoms with E-state index in [-0.39, 0.29) is 22.8 Å². The van der Waals surface area contributed by atoms with Crippen molar-refractivity contribution in [3.05, 3.63) is 35.4 Å². The molecule has 0 radical (unpaired) electrons. The maximum Gasteiger partial charge on any atom is 0.335 e. The summed E-state index contributed by atoms with van der Waals surface area (Å²) in [6.07, 6.45) is 0. The van der Waals surface area contributed by atoms with E-state index in [0.29, 0.717) is 5.75 Å². The third-order valence-electron chi connectivity index (χ3n) is 2.14. The van der Waals surface area contributed by atoms with E-state index in [2.05, 4.69) is 17.2 Å². The second-order valence-electron chi connectivity index (χ2n) is 3.55. The number of hydrogen-bond acceptors (Lipinski definition) is 3. The second-order valence-corrected chi connectivity index (χ2v) is 4.08. The molecule has 0 aliphatic heterocycles. The average Bonchev–Trinajstić information content (AvgIpc) is 2.36. The molecule has 0 heterocycles. The number of carbonyl (C=O) groups is 2. The van der Waals surface area contributed by atoms with Crippen molar-refractivity contribution >= 4 is 29.3 Å². The molecule has 0 spiro atoms. The highest BCUT2D eigenvalue weighted by Gasteiger charge is 2.11. The van der Waals surface area contributed by atoms with Crippen LogP contribution in [0.1, 0.15) is 10.4 Å². The zero-order valence-electron chi connectivity index (χ0n) is 10.2. The topological polar surface area (TPSA) is 87.7 Å². The lowest BCUT2D eigenvalue weighted by molar-refractivity contribution is 0.0697. The largest absolute Gasteiger partial charge is 0.495 e. The molecule has 0 saturated heterocycles. The first-order valence-electron chi connectivity index (χ1n) is 5.23. The summed E-state index contributed by atoms with van der Waals surface area (Å²) in [6.45, 7) is 3.53. The number of urea groups is 1. The van der Waals surface area contributed by atoms with Crippen LogP contribution in [0.25, 0.3) is 0 Å². The minimum absolute atomic E-state index is 0.0397. The van der Waals surface area contributed by atoms with E-state index < -0.39 is 12.0 Å². The Morgan fingerprint density at radius 3 is 2.68 bits per heavy atom. The Morgan fingerprint density at radius 2 is 2.16 bits per heavy atom. The molecule has 1 aromatic carbocycles. The average molecular weight is 285 g/mol. The fourth-order valence-electron chi connectivity index (χ4n) is 1.28. The van der Waals surface area contributed by atoms with Crippen molar-refractivity contribution in [1.29, 1.82) is 0 Å². The lowest BCUT2D eigenvalue weighted by Crippen LogP contribution is -2.29. The maximum atomic E-state index is 11.5. The van der Waals surface area contributed by atoms with Gasteiger partial charge in [0, 0.05) is 5.03 Å². The molecule has 1 rings (SSSR count). The number of halogens is 1. The van der Waals surface area contributed by atoms with Crippen molar-refractivity contribution in [2.24, 2.45) is 0 Å². The molecule has 2 amide bonds. The second kappa shape index (κ2) is 6.65. The number of carboxylic acids is 1. The lowest BCUT2D eigenvalue weighted by Gasteiger charge is -2.11. The molecule has 1 aromatic rings. The molecule has 0 unspecified atom stereocenters. The van der Waals surface area contributed by atoms with Gasteiger partial charge >= 0.3 is 12.0 Å². The summed E-state index contributed by atoms with van der Waals surface area (Å²) in [4.78, 5) is 22.4. The first-order chi connectivity index (χ1) is 8.93. The summed E-state index contributed by atoms with van der Waals surface area (Å²) in [5.41, 5.74) is 0.290. The van der Waals surface area contributed by atoms with Gasteiger partial charge in [-0.05, 0) is 18.2 Å². The van der Waals surface area contributed by atoms with E-state index in [9.17, 15) is 9.59 Å². The van der Waals surface area contributed by atoms with Gasteiger partial charge in [0.05, 0.1) is 24.9 Å². The van der Waals surface area contributed by atoms with Crippen LogP contribution < -0.4 is 15.4 Å². The summed E-state index contributed by atoms with van der Waals surface area (Å²) in [6, 6.07) is 3.60. The van der Waals surface area contributed by atoms with Gasteiger partial charge in [-0.15, -0.1) is 0 Å². The summed E-state index contributed by atoms with van der Waals surface area (Å²) in [5.74, 6) is -0.745. The number of ether oxygens (including phenoxy) is 1. The summed E-state index contributed by atoms with van der Waals surface area (Å²) >= 11 is 5.51. The van der Waals surface area contributed by atoms with E-state index in [1.165, 1.54) is 25.3 Å². The molecule has 0 saturated carbocycles. The Kier molecular flexibility index (Phi) is 5.20. The van der Waals surface area contributed by atoms with Crippen LogP contribution in [0.2, 0.25) is 0 Å². The number of aromatic carboxylic acids is 1. The summed E-state index contributed by atoms with van der Waals surface area (Å²) in [5, 5.41) is 14.1. The molecular formula is C12H13ClN2O4. The van der Waals surface area contributed by atoms with Crippen molar-refractivity contribution in [1.82, 2.24) is 5.32 Å². The van der Waals surface area contributed by atoms with Crippen LogP contribution in [0.15, 0.2) is 29.8 Å². The van der Waals surface area contributed by atoms with Crippen LogP contribution in [0, 0.1) is 0 Å². The zero-order chi connectivity index (χ0) is 14.4. The van der Waals surface area contributed by atoms with Gasteiger partial charge < -0.3 is 20.5 Å². The highest BCUT2D eigenvalue weighted by molar-refractivity contribution is 6.29. The summed E-state index contributed by atoms with van der Waals surface area (Å²) in [7, 11) is 1.42. The van der Waals surface area contributed by atoms with Gasteiger partial charge in [0.25, 0.3) is 0 Å². The first-order valence-corrected chi connectivity index (χ1v) is 5.61. The molecule has 0 aromatic heterocycles. The van der Waals surface area contributed by atoms with Crippen molar-refractivity contribution < 1.29 is 19.4 Å². The van der Waals surface area contributed by atoms with E-state index in [1.807, 2.05) is 0 Å². The maximum absolute atomic E-state index is 11.5. The van der Waals surface area contributed by atoms with Crippen LogP contribution in [0.5, 0.6) is 5.75 Å². The van der Waals surface area contributed by atoms with Gasteiger partial charge in [-0.25, -0.2) is 9.59 Å². The van der Waals surface area contributed by atoms with E-state index in [0.717, 1.165) is 0 Å². The van der Waals surface area contributed by atoms with Gasteiger partial charge in [-0.2, -0.15) is 0 Å². The Balaban J connectivity index is 2.85. The standard InChI is InChI=1S/C12H13ClN2O4/c1-7(13)6-14-12(18)15-9-5-8(11(16)17)3-4-10(9)19-2/h3-5H,1,6H2,2H3,(H,16,17)(H2,14,15,18). The molecule has 19 heavy (non-hydrogen) atoms. The van der Waals surface area contributed by atoms with Crippen LogP contribution >= 0.6 is 11.6 Å². The summed E-state index contributed by atoms with van der Waals surface area (Å²) < 4.78 is 5.03. The number of nitrogens with one attached hydrogen (secondary N) is 2. The van der Waals surface area contributed by atoms with Crippen LogP contribution in [-0.4, -0.2) is 30.8 Å². The highest BCUT2D eigenvalue weighted by Crippen LogP contribution is 2.25. The Labute approximate surface area is 115 Å². The van der Waals surface area contributed by atoms with Crippen molar-refractivity contribution in [2.75, 3.05) is 19.0 Å². The molecule has 0 aliphatic rings. The highest BCUT2D eigenvalue weighted by atomic mass is 35.5. The van der Waals surface area contributed by atoms with Crippen molar-refractivity contribution in [2.45, 2.75) is 0 Å². The minimum Gasteiger partial charge on any atom is -0.495 e. The number of methoxy groups -OCH3 is 1. The minimum atomic E-state index is -1.10. The Bertz CT molecular complexity index is 516. The number of carboxylic acid groups (broad SMARTS) is 1. The molecular weight excluding hydrogens is 272 g/mol. The van der Waals surface area contributed by atoms with Crippen LogP contribution in [0.4, 0.5) is 10.5 Å². The zero-order valence-corrected chi connectivity index (χ0v) is 11.0. The number of benzene rings is 1. The van der Waals surface area contributed by atoms with Gasteiger partial charge in [-0.1, -0.05) is 18.2 Å². The predicted octanol–water partition coefficient (Wildman–Crippen LogP) is 2.27. The first kappa shape index (κ1) is 14.8. The molecule has 3 N–H and O–H groups in total.